The van der Waals surface area contributed by atoms with Crippen molar-refractivity contribution in [3.05, 3.63) is 71.3 Å². The highest BCUT2D eigenvalue weighted by molar-refractivity contribution is 5.94. The molecule has 0 spiro atoms. The Bertz CT molecular complexity index is 676. The summed E-state index contributed by atoms with van der Waals surface area (Å²) in [5.41, 5.74) is 3.24. The number of carbonyl (C=O) groups is 1. The Morgan fingerprint density at radius 1 is 1.00 bits per heavy atom. The molecule has 1 N–H and O–H groups in total. The van der Waals surface area contributed by atoms with E-state index in [0.717, 1.165) is 26.2 Å². The maximum atomic E-state index is 12.4. The van der Waals surface area contributed by atoms with E-state index in [0.29, 0.717) is 12.1 Å². The van der Waals surface area contributed by atoms with Crippen molar-refractivity contribution in [1.29, 1.82) is 0 Å². The Labute approximate surface area is 150 Å². The molecule has 4 heteroatoms. The van der Waals surface area contributed by atoms with Crippen molar-refractivity contribution in [2.45, 2.75) is 13.0 Å². The molecule has 0 bridgehead atoms. The number of nitrogens with zero attached hydrogens (tertiary/aromatic N) is 2. The third-order valence-electron chi connectivity index (χ3n) is 4.93. The van der Waals surface area contributed by atoms with E-state index >= 15 is 0 Å². The molecule has 132 valence electrons. The molecule has 3 rings (SSSR count). The maximum Gasteiger partial charge on any atom is 0.251 e. The van der Waals surface area contributed by atoms with E-state index in [1.807, 2.05) is 30.3 Å². The summed E-state index contributed by atoms with van der Waals surface area (Å²) >= 11 is 0. The second-order valence-corrected chi connectivity index (χ2v) is 6.84. The first kappa shape index (κ1) is 17.6. The number of piperazine rings is 1. The lowest BCUT2D eigenvalue weighted by Gasteiger charge is -2.38. The predicted octanol–water partition coefficient (Wildman–Crippen LogP) is 2.71. The van der Waals surface area contributed by atoms with E-state index in [1.54, 1.807) is 0 Å². The van der Waals surface area contributed by atoms with Gasteiger partial charge in [-0.1, -0.05) is 48.0 Å². The summed E-state index contributed by atoms with van der Waals surface area (Å²) in [6.07, 6.45) is 0. The molecular formula is C21H27N3O. The van der Waals surface area contributed by atoms with Gasteiger partial charge in [0.05, 0.1) is 6.04 Å². The Morgan fingerprint density at radius 3 is 2.28 bits per heavy atom. The molecule has 1 fully saturated rings. The van der Waals surface area contributed by atoms with Gasteiger partial charge in [-0.3, -0.25) is 9.69 Å². The van der Waals surface area contributed by atoms with Crippen LogP contribution < -0.4 is 5.32 Å². The van der Waals surface area contributed by atoms with Gasteiger partial charge in [0, 0.05) is 38.3 Å². The second kappa shape index (κ2) is 8.28. The van der Waals surface area contributed by atoms with Crippen LogP contribution in [0, 0.1) is 6.92 Å². The number of aryl methyl sites for hydroxylation is 1. The molecule has 1 amide bonds. The number of rotatable bonds is 5. The number of hydrogen-bond donors (Lipinski definition) is 1. The van der Waals surface area contributed by atoms with E-state index in [9.17, 15) is 4.79 Å². The molecule has 1 atom stereocenters. The summed E-state index contributed by atoms with van der Waals surface area (Å²) in [5, 5.41) is 3.13. The minimum Gasteiger partial charge on any atom is -0.350 e. The van der Waals surface area contributed by atoms with Crippen LogP contribution in [0.25, 0.3) is 0 Å². The molecule has 25 heavy (non-hydrogen) atoms. The van der Waals surface area contributed by atoms with Crippen LogP contribution >= 0.6 is 0 Å². The number of amides is 1. The van der Waals surface area contributed by atoms with Gasteiger partial charge in [0.15, 0.2) is 0 Å². The van der Waals surface area contributed by atoms with Crippen LogP contribution in [-0.2, 0) is 0 Å². The Balaban J connectivity index is 1.72. The van der Waals surface area contributed by atoms with Crippen molar-refractivity contribution in [2.24, 2.45) is 0 Å². The van der Waals surface area contributed by atoms with Gasteiger partial charge in [-0.25, -0.2) is 0 Å². The third kappa shape index (κ3) is 4.68. The van der Waals surface area contributed by atoms with Crippen LogP contribution in [0.15, 0.2) is 54.6 Å². The van der Waals surface area contributed by atoms with Gasteiger partial charge in [-0.15, -0.1) is 0 Å². The molecular weight excluding hydrogens is 310 g/mol. The van der Waals surface area contributed by atoms with Gasteiger partial charge < -0.3 is 10.2 Å². The molecule has 0 aliphatic carbocycles. The van der Waals surface area contributed by atoms with Gasteiger partial charge in [0.1, 0.15) is 0 Å². The monoisotopic (exact) mass is 337 g/mol. The lowest BCUT2D eigenvalue weighted by atomic mass is 10.0. The number of benzene rings is 2. The lowest BCUT2D eigenvalue weighted by Crippen LogP contribution is -2.48. The zero-order valence-electron chi connectivity index (χ0n) is 15.1. The van der Waals surface area contributed by atoms with E-state index < -0.39 is 0 Å². The molecule has 0 aromatic heterocycles. The number of carbonyl (C=O) groups excluding carboxylic acids is 1. The van der Waals surface area contributed by atoms with E-state index in [-0.39, 0.29) is 11.9 Å². The first-order valence-electron chi connectivity index (χ1n) is 8.96. The average Bonchev–Trinajstić information content (AvgIpc) is 2.65. The minimum atomic E-state index is -0.00756. The van der Waals surface area contributed by atoms with Gasteiger partial charge in [-0.2, -0.15) is 0 Å². The molecule has 2 aromatic rings. The SMILES string of the molecule is Cc1ccc([C@@H](CNC(=O)c2ccccc2)N2CCN(C)CC2)cc1. The molecule has 1 aliphatic rings. The van der Waals surface area contributed by atoms with E-state index in [2.05, 4.69) is 53.4 Å². The summed E-state index contributed by atoms with van der Waals surface area (Å²) in [6.45, 7) is 6.91. The Kier molecular flexibility index (Phi) is 5.84. The highest BCUT2D eigenvalue weighted by atomic mass is 16.1. The highest BCUT2D eigenvalue weighted by Crippen LogP contribution is 2.22. The van der Waals surface area contributed by atoms with Crippen molar-refractivity contribution in [3.8, 4) is 0 Å². The van der Waals surface area contributed by atoms with Crippen molar-refractivity contribution in [3.63, 3.8) is 0 Å². The summed E-state index contributed by atoms with van der Waals surface area (Å²) in [5.74, 6) is -0.00756. The molecule has 0 saturated carbocycles. The zero-order valence-corrected chi connectivity index (χ0v) is 15.1. The lowest BCUT2D eigenvalue weighted by molar-refractivity contribution is 0.0886. The maximum absolute atomic E-state index is 12.4. The normalized spacial score (nSPS) is 17.2. The van der Waals surface area contributed by atoms with Crippen molar-refractivity contribution < 1.29 is 4.79 Å². The van der Waals surface area contributed by atoms with Crippen LogP contribution in [0.5, 0.6) is 0 Å². The fourth-order valence-electron chi connectivity index (χ4n) is 3.26. The van der Waals surface area contributed by atoms with E-state index in [1.165, 1.54) is 11.1 Å². The molecule has 0 radical (unpaired) electrons. The molecule has 2 aromatic carbocycles. The first-order valence-corrected chi connectivity index (χ1v) is 8.96. The first-order chi connectivity index (χ1) is 12.1. The van der Waals surface area contributed by atoms with Crippen LogP contribution in [0.4, 0.5) is 0 Å². The summed E-state index contributed by atoms with van der Waals surface area (Å²) < 4.78 is 0. The average molecular weight is 337 g/mol. The van der Waals surface area contributed by atoms with Crippen LogP contribution in [0.2, 0.25) is 0 Å². The molecule has 1 heterocycles. The van der Waals surface area contributed by atoms with Crippen molar-refractivity contribution in [1.82, 2.24) is 15.1 Å². The van der Waals surface area contributed by atoms with Gasteiger partial charge >= 0.3 is 0 Å². The molecule has 1 saturated heterocycles. The van der Waals surface area contributed by atoms with Crippen LogP contribution in [0.1, 0.15) is 27.5 Å². The summed E-state index contributed by atoms with van der Waals surface area (Å²) in [6, 6.07) is 18.3. The topological polar surface area (TPSA) is 35.6 Å². The Hall–Kier alpha value is -2.17. The molecule has 1 aliphatic heterocycles. The van der Waals surface area contributed by atoms with Crippen LogP contribution in [-0.4, -0.2) is 55.5 Å². The largest absolute Gasteiger partial charge is 0.350 e. The fourth-order valence-corrected chi connectivity index (χ4v) is 3.26. The van der Waals surface area contributed by atoms with E-state index in [4.69, 9.17) is 0 Å². The van der Waals surface area contributed by atoms with Gasteiger partial charge in [0.2, 0.25) is 0 Å². The third-order valence-corrected chi connectivity index (χ3v) is 4.93. The van der Waals surface area contributed by atoms with Gasteiger partial charge in [-0.05, 0) is 31.7 Å². The smallest absolute Gasteiger partial charge is 0.251 e. The number of hydrogen-bond acceptors (Lipinski definition) is 3. The second-order valence-electron chi connectivity index (χ2n) is 6.84. The summed E-state index contributed by atoms with van der Waals surface area (Å²) in [4.78, 5) is 17.3. The quantitative estimate of drug-likeness (QED) is 0.911. The van der Waals surface area contributed by atoms with Crippen molar-refractivity contribution in [2.75, 3.05) is 39.8 Å². The molecule has 4 nitrogen and oxygen atoms in total. The van der Waals surface area contributed by atoms with Crippen LogP contribution in [0.3, 0.4) is 0 Å². The number of likely N-dealkylation sites (N-methyl/N-ethyl adjacent to an activating group) is 1. The molecule has 0 unspecified atom stereocenters. The standard InChI is InChI=1S/C21H27N3O/c1-17-8-10-18(11-9-17)20(24-14-12-23(2)13-15-24)16-22-21(25)19-6-4-3-5-7-19/h3-11,20H,12-16H2,1-2H3,(H,22,25)/t20-/m1/s1. The highest BCUT2D eigenvalue weighted by Gasteiger charge is 2.24. The fraction of sp³-hybridized carbons (Fsp3) is 0.381. The van der Waals surface area contributed by atoms with Crippen molar-refractivity contribution >= 4 is 5.91 Å². The minimum absolute atomic E-state index is 0.00756. The summed E-state index contributed by atoms with van der Waals surface area (Å²) in [7, 11) is 2.16. The number of nitrogens with one attached hydrogen (secondary N) is 1. The zero-order chi connectivity index (χ0) is 17.6. The predicted molar refractivity (Wildman–Crippen MR) is 102 cm³/mol. The Morgan fingerprint density at radius 2 is 1.64 bits per heavy atom. The van der Waals surface area contributed by atoms with Gasteiger partial charge in [0.25, 0.3) is 5.91 Å².